The van der Waals surface area contributed by atoms with E-state index >= 15 is 0 Å². The first-order valence-corrected chi connectivity index (χ1v) is 7.54. The minimum Gasteiger partial charge on any atom is -0.298 e. The Hall–Kier alpha value is -2.88. The number of aryl methyl sites for hydroxylation is 1. The zero-order valence-electron chi connectivity index (χ0n) is 13.1. The second-order valence-electron chi connectivity index (χ2n) is 5.55. The number of rotatable bonds is 4. The Morgan fingerprint density at radius 3 is 2.54 bits per heavy atom. The Morgan fingerprint density at radius 1 is 1.00 bits per heavy atom. The van der Waals surface area contributed by atoms with E-state index in [1.807, 2.05) is 31.2 Å². The van der Waals surface area contributed by atoms with Gasteiger partial charge in [0.2, 0.25) is 0 Å². The molecule has 0 saturated heterocycles. The van der Waals surface area contributed by atoms with Gasteiger partial charge in [0.15, 0.2) is 17.9 Å². The first-order valence-electron chi connectivity index (χ1n) is 7.54. The van der Waals surface area contributed by atoms with E-state index in [1.54, 1.807) is 6.07 Å². The summed E-state index contributed by atoms with van der Waals surface area (Å²) in [7, 11) is 0. The van der Waals surface area contributed by atoms with E-state index in [0.717, 1.165) is 23.5 Å². The molecule has 3 rings (SSSR count). The number of aldehydes is 1. The summed E-state index contributed by atoms with van der Waals surface area (Å²) in [6.45, 7) is 1.98. The van der Waals surface area contributed by atoms with Crippen LogP contribution in [0.15, 0.2) is 54.6 Å². The molecule has 0 atom stereocenters. The molecule has 120 valence electrons. The van der Waals surface area contributed by atoms with Crippen LogP contribution in [0.4, 0.5) is 8.78 Å². The van der Waals surface area contributed by atoms with Crippen molar-refractivity contribution in [2.75, 3.05) is 0 Å². The van der Waals surface area contributed by atoms with E-state index in [-0.39, 0.29) is 5.56 Å². The van der Waals surface area contributed by atoms with Crippen molar-refractivity contribution in [3.05, 3.63) is 88.6 Å². The molecule has 0 amide bonds. The second-order valence-corrected chi connectivity index (χ2v) is 5.55. The monoisotopic (exact) mass is 323 g/mol. The van der Waals surface area contributed by atoms with Crippen LogP contribution in [0.2, 0.25) is 0 Å². The highest BCUT2D eigenvalue weighted by molar-refractivity contribution is 5.78. The van der Waals surface area contributed by atoms with Crippen LogP contribution in [0.25, 0.3) is 11.3 Å². The van der Waals surface area contributed by atoms with Gasteiger partial charge in [0.1, 0.15) is 0 Å². The van der Waals surface area contributed by atoms with Crippen LogP contribution < -0.4 is 0 Å². The van der Waals surface area contributed by atoms with Crippen molar-refractivity contribution >= 4 is 6.29 Å². The molecule has 0 aliphatic rings. The third-order valence-electron chi connectivity index (χ3n) is 3.98. The maximum Gasteiger partial charge on any atom is 0.168 e. The number of carbonyl (C=O) groups excluding carboxylic acids is 1. The van der Waals surface area contributed by atoms with Crippen molar-refractivity contribution in [3.8, 4) is 11.3 Å². The third kappa shape index (κ3) is 3.08. The molecule has 0 unspecified atom stereocenters. The molecule has 0 N–H and O–H groups in total. The SMILES string of the molecule is Cc1ccccc1Cc1nc(-c2cccc(F)c2F)ccc1C=O. The van der Waals surface area contributed by atoms with Gasteiger partial charge in [-0.2, -0.15) is 0 Å². The predicted octanol–water partition coefficient (Wildman–Crippen LogP) is 4.74. The summed E-state index contributed by atoms with van der Waals surface area (Å²) in [6.07, 6.45) is 1.18. The zero-order valence-corrected chi connectivity index (χ0v) is 13.1. The average Bonchev–Trinajstić information content (AvgIpc) is 2.59. The minimum absolute atomic E-state index is 0.0819. The van der Waals surface area contributed by atoms with Crippen LogP contribution in [0.3, 0.4) is 0 Å². The molecule has 0 radical (unpaired) electrons. The second kappa shape index (κ2) is 6.71. The highest BCUT2D eigenvalue weighted by atomic mass is 19.2. The van der Waals surface area contributed by atoms with Crippen LogP contribution in [0.5, 0.6) is 0 Å². The lowest BCUT2D eigenvalue weighted by atomic mass is 10.0. The summed E-state index contributed by atoms with van der Waals surface area (Å²) in [5.74, 6) is -1.86. The number of aromatic nitrogens is 1. The number of pyridine rings is 1. The molecule has 1 aromatic heterocycles. The molecule has 0 saturated carbocycles. The van der Waals surface area contributed by atoms with Gasteiger partial charge in [-0.15, -0.1) is 0 Å². The topological polar surface area (TPSA) is 30.0 Å². The van der Waals surface area contributed by atoms with Gasteiger partial charge in [-0.25, -0.2) is 8.78 Å². The van der Waals surface area contributed by atoms with Gasteiger partial charge >= 0.3 is 0 Å². The predicted molar refractivity (Wildman–Crippen MR) is 89.0 cm³/mol. The quantitative estimate of drug-likeness (QED) is 0.649. The van der Waals surface area contributed by atoms with Crippen molar-refractivity contribution in [1.82, 2.24) is 4.98 Å². The average molecular weight is 323 g/mol. The van der Waals surface area contributed by atoms with Gasteiger partial charge in [-0.1, -0.05) is 30.3 Å². The fourth-order valence-electron chi connectivity index (χ4n) is 2.60. The number of nitrogens with zero attached hydrogens (tertiary/aromatic N) is 1. The summed E-state index contributed by atoms with van der Waals surface area (Å²) in [6, 6.07) is 14.9. The number of carbonyl (C=O) groups is 1. The standard InChI is InChI=1S/C20H15F2NO/c1-13-5-2-3-6-14(13)11-19-15(12-24)9-10-18(23-19)16-7-4-8-17(21)20(16)22/h2-10,12H,11H2,1H3. The molecule has 0 bridgehead atoms. The minimum atomic E-state index is -0.939. The normalized spacial score (nSPS) is 10.6. The van der Waals surface area contributed by atoms with Crippen LogP contribution in [-0.4, -0.2) is 11.3 Å². The van der Waals surface area contributed by atoms with Crippen LogP contribution in [0.1, 0.15) is 27.2 Å². The lowest BCUT2D eigenvalue weighted by Gasteiger charge is -2.10. The summed E-state index contributed by atoms with van der Waals surface area (Å²) < 4.78 is 27.5. The molecule has 2 aromatic carbocycles. The van der Waals surface area contributed by atoms with Crippen LogP contribution in [-0.2, 0) is 6.42 Å². The van der Waals surface area contributed by atoms with Crippen molar-refractivity contribution in [2.24, 2.45) is 0 Å². The third-order valence-corrected chi connectivity index (χ3v) is 3.98. The summed E-state index contributed by atoms with van der Waals surface area (Å²) >= 11 is 0. The molecule has 4 heteroatoms. The highest BCUT2D eigenvalue weighted by Gasteiger charge is 2.14. The lowest BCUT2D eigenvalue weighted by molar-refractivity contribution is 0.112. The molecule has 1 heterocycles. The summed E-state index contributed by atoms with van der Waals surface area (Å²) in [5.41, 5.74) is 3.49. The van der Waals surface area contributed by atoms with Gasteiger partial charge in [-0.3, -0.25) is 9.78 Å². The van der Waals surface area contributed by atoms with Gasteiger partial charge in [0.25, 0.3) is 0 Å². The Balaban J connectivity index is 2.07. The first kappa shape index (κ1) is 16.0. The summed E-state index contributed by atoms with van der Waals surface area (Å²) in [4.78, 5) is 15.7. The molecule has 0 aliphatic carbocycles. The highest BCUT2D eigenvalue weighted by Crippen LogP contribution is 2.25. The van der Waals surface area contributed by atoms with E-state index in [4.69, 9.17) is 0 Å². The molecule has 0 fully saturated rings. The Bertz CT molecular complexity index is 906. The van der Waals surface area contributed by atoms with Gasteiger partial charge in [-0.05, 0) is 42.3 Å². The van der Waals surface area contributed by atoms with Crippen molar-refractivity contribution in [1.29, 1.82) is 0 Å². The molecule has 2 nitrogen and oxygen atoms in total. The molecule has 0 spiro atoms. The number of halogens is 2. The van der Waals surface area contributed by atoms with Crippen LogP contribution >= 0.6 is 0 Å². The van der Waals surface area contributed by atoms with Gasteiger partial charge in [0, 0.05) is 17.5 Å². The number of hydrogen-bond acceptors (Lipinski definition) is 2. The maximum absolute atomic E-state index is 14.0. The van der Waals surface area contributed by atoms with E-state index in [1.165, 1.54) is 18.2 Å². The Kier molecular flexibility index (Phi) is 4.47. The van der Waals surface area contributed by atoms with E-state index < -0.39 is 11.6 Å². The zero-order chi connectivity index (χ0) is 17.1. The van der Waals surface area contributed by atoms with Crippen LogP contribution in [0, 0.1) is 18.6 Å². The maximum atomic E-state index is 14.0. The van der Waals surface area contributed by atoms with E-state index in [9.17, 15) is 13.6 Å². The Labute approximate surface area is 138 Å². The smallest absolute Gasteiger partial charge is 0.168 e. The van der Waals surface area contributed by atoms with Gasteiger partial charge < -0.3 is 0 Å². The van der Waals surface area contributed by atoms with Crippen molar-refractivity contribution < 1.29 is 13.6 Å². The van der Waals surface area contributed by atoms with Crippen molar-refractivity contribution in [3.63, 3.8) is 0 Å². The lowest BCUT2D eigenvalue weighted by Crippen LogP contribution is -2.02. The molecule has 3 aromatic rings. The largest absolute Gasteiger partial charge is 0.298 e. The molecular weight excluding hydrogens is 308 g/mol. The summed E-state index contributed by atoms with van der Waals surface area (Å²) in [5, 5.41) is 0. The van der Waals surface area contributed by atoms with E-state index in [2.05, 4.69) is 4.98 Å². The fraction of sp³-hybridized carbons (Fsp3) is 0.100. The fourth-order valence-corrected chi connectivity index (χ4v) is 2.60. The first-order chi connectivity index (χ1) is 11.6. The van der Waals surface area contributed by atoms with Crippen molar-refractivity contribution in [2.45, 2.75) is 13.3 Å². The van der Waals surface area contributed by atoms with Gasteiger partial charge in [0.05, 0.1) is 11.4 Å². The number of benzene rings is 2. The molecule has 24 heavy (non-hydrogen) atoms. The molecular formula is C20H15F2NO. The van der Waals surface area contributed by atoms with E-state index in [0.29, 0.717) is 23.4 Å². The Morgan fingerprint density at radius 2 is 1.79 bits per heavy atom. The molecule has 0 aliphatic heterocycles. The number of hydrogen-bond donors (Lipinski definition) is 0.